The molecule has 1 aliphatic carbocycles. The van der Waals surface area contributed by atoms with Crippen LogP contribution < -0.4 is 5.32 Å². The van der Waals surface area contributed by atoms with Gasteiger partial charge in [0.2, 0.25) is 0 Å². The summed E-state index contributed by atoms with van der Waals surface area (Å²) in [7, 11) is -3.31. The summed E-state index contributed by atoms with van der Waals surface area (Å²) in [5.74, 6) is -0.309. The highest BCUT2D eigenvalue weighted by Crippen LogP contribution is 2.32. The molecule has 1 aliphatic heterocycles. The average Bonchev–Trinajstić information content (AvgIpc) is 2.78. The molecule has 2 atom stereocenters. The maximum Gasteiger partial charge on any atom is 0.325 e. The van der Waals surface area contributed by atoms with Crippen LogP contribution in [0, 0.1) is 0 Å². The van der Waals surface area contributed by atoms with Gasteiger partial charge in [-0.15, -0.1) is 0 Å². The van der Waals surface area contributed by atoms with Gasteiger partial charge >= 0.3 is 6.03 Å². The summed E-state index contributed by atoms with van der Waals surface area (Å²) >= 11 is 0. The largest absolute Gasteiger partial charge is 0.325 e. The maximum atomic E-state index is 12.9. The maximum absolute atomic E-state index is 12.9. The van der Waals surface area contributed by atoms with Crippen molar-refractivity contribution in [3.63, 3.8) is 0 Å². The molecule has 0 saturated carbocycles. The minimum Gasteiger partial charge on any atom is -0.319 e. The summed E-state index contributed by atoms with van der Waals surface area (Å²) in [4.78, 5) is 26.7. The molecule has 1 aromatic carbocycles. The van der Waals surface area contributed by atoms with Gasteiger partial charge in [0.25, 0.3) is 5.91 Å². The number of hydrogen-bond acceptors (Lipinski definition) is 4. The van der Waals surface area contributed by atoms with Gasteiger partial charge in [0.1, 0.15) is 5.54 Å². The van der Waals surface area contributed by atoms with Gasteiger partial charge in [0.15, 0.2) is 9.84 Å². The monoisotopic (exact) mass is 348 g/mol. The number of nitrogens with one attached hydrogen (secondary N) is 1. The van der Waals surface area contributed by atoms with Crippen LogP contribution in [-0.2, 0) is 20.2 Å². The minimum atomic E-state index is -3.31. The topological polar surface area (TPSA) is 83.6 Å². The Morgan fingerprint density at radius 2 is 1.88 bits per heavy atom. The van der Waals surface area contributed by atoms with Crippen molar-refractivity contribution < 1.29 is 18.0 Å². The lowest BCUT2D eigenvalue weighted by molar-refractivity contribution is -0.132. The number of nitrogens with zero attached hydrogens (tertiary/aromatic N) is 1. The van der Waals surface area contributed by atoms with E-state index in [4.69, 9.17) is 0 Å². The summed E-state index contributed by atoms with van der Waals surface area (Å²) in [5.41, 5.74) is -0.617. The number of allylic oxidation sites excluding steroid dienone is 1. The third-order valence-electron chi connectivity index (χ3n) is 4.64. The third kappa shape index (κ3) is 2.73. The first-order chi connectivity index (χ1) is 11.2. The summed E-state index contributed by atoms with van der Waals surface area (Å²) in [6, 6.07) is 5.44. The Morgan fingerprint density at radius 3 is 2.42 bits per heavy atom. The van der Waals surface area contributed by atoms with Crippen molar-refractivity contribution in [3.05, 3.63) is 42.0 Å². The molecule has 1 heterocycles. The Labute approximate surface area is 141 Å². The van der Waals surface area contributed by atoms with Crippen molar-refractivity contribution in [2.75, 3.05) is 6.26 Å². The van der Waals surface area contributed by atoms with Crippen LogP contribution in [0.4, 0.5) is 4.79 Å². The van der Waals surface area contributed by atoms with Crippen molar-refractivity contribution >= 4 is 21.8 Å². The Balaban J connectivity index is 1.93. The van der Waals surface area contributed by atoms with Gasteiger partial charge in [-0.25, -0.2) is 13.2 Å². The molecule has 1 aromatic rings. The predicted molar refractivity (Wildman–Crippen MR) is 89.1 cm³/mol. The van der Waals surface area contributed by atoms with Crippen LogP contribution in [0.5, 0.6) is 0 Å². The Morgan fingerprint density at radius 1 is 1.21 bits per heavy atom. The Kier molecular flexibility index (Phi) is 3.99. The molecule has 128 valence electrons. The van der Waals surface area contributed by atoms with Crippen LogP contribution in [0.1, 0.15) is 31.7 Å². The second-order valence-electron chi connectivity index (χ2n) is 6.45. The fourth-order valence-electron chi connectivity index (χ4n) is 3.20. The highest BCUT2D eigenvalue weighted by molar-refractivity contribution is 7.90. The van der Waals surface area contributed by atoms with Gasteiger partial charge in [0.05, 0.1) is 10.9 Å². The van der Waals surface area contributed by atoms with Gasteiger partial charge in [-0.2, -0.15) is 0 Å². The second-order valence-corrected chi connectivity index (χ2v) is 8.47. The first-order valence-corrected chi connectivity index (χ1v) is 9.76. The molecular formula is C17H20N2O4S. The van der Waals surface area contributed by atoms with Gasteiger partial charge < -0.3 is 5.32 Å². The number of benzene rings is 1. The van der Waals surface area contributed by atoms with E-state index < -0.39 is 21.4 Å². The first-order valence-electron chi connectivity index (χ1n) is 7.86. The zero-order chi connectivity index (χ0) is 17.5. The van der Waals surface area contributed by atoms with Crippen LogP contribution in [0.15, 0.2) is 41.3 Å². The van der Waals surface area contributed by atoms with Crippen molar-refractivity contribution in [1.29, 1.82) is 0 Å². The van der Waals surface area contributed by atoms with Gasteiger partial charge in [-0.3, -0.25) is 9.69 Å². The zero-order valence-corrected chi connectivity index (χ0v) is 14.5. The van der Waals surface area contributed by atoms with E-state index >= 15 is 0 Å². The standard InChI is InChI=1S/C17H20N2O4S/c1-17(12-8-10-14(11-9-12)24(2,22)23)15(20)19(16(21)18-17)13-6-4-3-5-7-13/h4,6,8-11,13H,3,5,7H2,1-2H3,(H,18,21). The molecule has 1 N–H and O–H groups in total. The molecule has 3 amide bonds. The van der Waals surface area contributed by atoms with Crippen LogP contribution in [0.3, 0.4) is 0 Å². The lowest BCUT2D eigenvalue weighted by Crippen LogP contribution is -2.43. The number of imide groups is 1. The van der Waals surface area contributed by atoms with E-state index in [1.807, 2.05) is 12.2 Å². The van der Waals surface area contributed by atoms with E-state index in [9.17, 15) is 18.0 Å². The average molecular weight is 348 g/mol. The molecule has 2 aliphatic rings. The van der Waals surface area contributed by atoms with Crippen molar-refractivity contribution in [2.24, 2.45) is 0 Å². The summed E-state index contributed by atoms with van der Waals surface area (Å²) < 4.78 is 23.1. The molecule has 24 heavy (non-hydrogen) atoms. The van der Waals surface area contributed by atoms with Gasteiger partial charge in [-0.1, -0.05) is 24.3 Å². The van der Waals surface area contributed by atoms with Crippen LogP contribution in [0.2, 0.25) is 0 Å². The van der Waals surface area contributed by atoms with E-state index in [1.54, 1.807) is 19.1 Å². The van der Waals surface area contributed by atoms with E-state index in [0.29, 0.717) is 5.56 Å². The fraction of sp³-hybridized carbons (Fsp3) is 0.412. The highest BCUT2D eigenvalue weighted by atomic mass is 32.2. The third-order valence-corrected chi connectivity index (χ3v) is 5.77. The van der Waals surface area contributed by atoms with Crippen LogP contribution in [0.25, 0.3) is 0 Å². The molecule has 0 bridgehead atoms. The number of rotatable bonds is 3. The molecular weight excluding hydrogens is 328 g/mol. The number of carbonyl (C=O) groups is 2. The van der Waals surface area contributed by atoms with Gasteiger partial charge in [-0.05, 0) is 43.9 Å². The predicted octanol–water partition coefficient (Wildman–Crippen LogP) is 1.97. The Hall–Kier alpha value is -2.15. The second kappa shape index (κ2) is 5.73. The molecule has 0 radical (unpaired) electrons. The van der Waals surface area contributed by atoms with E-state index in [0.717, 1.165) is 25.5 Å². The van der Waals surface area contributed by atoms with E-state index in [1.165, 1.54) is 17.0 Å². The van der Waals surface area contributed by atoms with E-state index in [2.05, 4.69) is 5.32 Å². The quantitative estimate of drug-likeness (QED) is 0.669. The molecule has 3 rings (SSSR count). The van der Waals surface area contributed by atoms with Crippen molar-refractivity contribution in [1.82, 2.24) is 10.2 Å². The molecule has 0 aromatic heterocycles. The van der Waals surface area contributed by atoms with Crippen LogP contribution >= 0.6 is 0 Å². The number of sulfone groups is 1. The normalized spacial score (nSPS) is 27.4. The minimum absolute atomic E-state index is 0.179. The number of carbonyl (C=O) groups excluding carboxylic acids is 2. The van der Waals surface area contributed by atoms with Crippen molar-refractivity contribution in [2.45, 2.75) is 42.7 Å². The molecule has 1 fully saturated rings. The number of hydrogen-bond donors (Lipinski definition) is 1. The fourth-order valence-corrected chi connectivity index (χ4v) is 3.83. The van der Waals surface area contributed by atoms with Crippen LogP contribution in [-0.4, -0.2) is 37.6 Å². The first kappa shape index (κ1) is 16.7. The molecule has 2 unspecified atom stereocenters. The molecule has 1 saturated heterocycles. The number of amides is 3. The highest BCUT2D eigenvalue weighted by Gasteiger charge is 2.50. The Bertz CT molecular complexity index is 813. The zero-order valence-electron chi connectivity index (χ0n) is 13.7. The lowest BCUT2D eigenvalue weighted by atomic mass is 9.91. The van der Waals surface area contributed by atoms with Crippen molar-refractivity contribution in [3.8, 4) is 0 Å². The summed E-state index contributed by atoms with van der Waals surface area (Å²) in [6.45, 7) is 1.65. The summed E-state index contributed by atoms with van der Waals surface area (Å²) in [6.07, 6.45) is 7.69. The van der Waals surface area contributed by atoms with E-state index in [-0.39, 0.29) is 16.8 Å². The molecule has 7 heteroatoms. The SMILES string of the molecule is CC1(c2ccc(S(C)(=O)=O)cc2)NC(=O)N(C2C=CCCC2)C1=O. The summed E-state index contributed by atoms with van der Waals surface area (Å²) in [5, 5.41) is 2.76. The smallest absolute Gasteiger partial charge is 0.319 e. The number of urea groups is 1. The molecule has 6 nitrogen and oxygen atoms in total. The molecule has 0 spiro atoms. The van der Waals surface area contributed by atoms with Gasteiger partial charge in [0, 0.05) is 6.26 Å². The lowest BCUT2D eigenvalue weighted by Gasteiger charge is -2.27.